The van der Waals surface area contributed by atoms with Gasteiger partial charge in [0, 0.05) is 19.3 Å². The normalized spacial score (nSPS) is 10.0. The van der Waals surface area contributed by atoms with E-state index in [2.05, 4.69) is 28.9 Å². The van der Waals surface area contributed by atoms with Crippen molar-refractivity contribution in [3.8, 4) is 0 Å². The van der Waals surface area contributed by atoms with Gasteiger partial charge in [-0.2, -0.15) is 5.10 Å². The third kappa shape index (κ3) is 3.01. The predicted octanol–water partition coefficient (Wildman–Crippen LogP) is 2.10. The standard InChI is InChI=1S/C10H17N3/c1-3-8-13(9-4-2)10-6-5-7-11-12-10/h5-7H,3-4,8-9H2,1-2H3. The van der Waals surface area contributed by atoms with Gasteiger partial charge in [0.25, 0.3) is 0 Å². The van der Waals surface area contributed by atoms with Crippen LogP contribution in [-0.2, 0) is 0 Å². The molecular weight excluding hydrogens is 162 g/mol. The average molecular weight is 179 g/mol. The van der Waals surface area contributed by atoms with Crippen LogP contribution < -0.4 is 4.90 Å². The van der Waals surface area contributed by atoms with Crippen LogP contribution in [-0.4, -0.2) is 23.3 Å². The van der Waals surface area contributed by atoms with E-state index in [1.165, 1.54) is 0 Å². The Kier molecular flexibility index (Phi) is 4.23. The molecule has 0 spiro atoms. The lowest BCUT2D eigenvalue weighted by atomic mass is 10.3. The summed E-state index contributed by atoms with van der Waals surface area (Å²) in [6.07, 6.45) is 4.01. The first kappa shape index (κ1) is 9.96. The van der Waals surface area contributed by atoms with Crippen molar-refractivity contribution in [2.45, 2.75) is 26.7 Å². The van der Waals surface area contributed by atoms with Gasteiger partial charge in [0.05, 0.1) is 0 Å². The predicted molar refractivity (Wildman–Crippen MR) is 54.8 cm³/mol. The Morgan fingerprint density at radius 1 is 1.23 bits per heavy atom. The van der Waals surface area contributed by atoms with Gasteiger partial charge in [0.1, 0.15) is 0 Å². The summed E-state index contributed by atoms with van der Waals surface area (Å²) in [5.41, 5.74) is 0. The van der Waals surface area contributed by atoms with Gasteiger partial charge in [-0.3, -0.25) is 0 Å². The minimum atomic E-state index is 0.992. The molecule has 3 nitrogen and oxygen atoms in total. The third-order valence-corrected chi connectivity index (χ3v) is 1.87. The molecule has 0 fully saturated rings. The number of aromatic nitrogens is 2. The zero-order valence-corrected chi connectivity index (χ0v) is 8.40. The molecule has 0 aliphatic heterocycles. The number of rotatable bonds is 5. The van der Waals surface area contributed by atoms with Crippen molar-refractivity contribution in [3.63, 3.8) is 0 Å². The van der Waals surface area contributed by atoms with Crippen LogP contribution in [0.4, 0.5) is 5.82 Å². The van der Waals surface area contributed by atoms with E-state index in [1.54, 1.807) is 6.20 Å². The molecule has 0 unspecified atom stereocenters. The Labute approximate surface area is 79.8 Å². The molecular formula is C10H17N3. The summed E-state index contributed by atoms with van der Waals surface area (Å²) < 4.78 is 0. The van der Waals surface area contributed by atoms with Crippen molar-refractivity contribution in [2.24, 2.45) is 0 Å². The molecule has 0 bridgehead atoms. The van der Waals surface area contributed by atoms with Crippen molar-refractivity contribution in [1.82, 2.24) is 10.2 Å². The smallest absolute Gasteiger partial charge is 0.151 e. The summed E-state index contributed by atoms with van der Waals surface area (Å²) in [4.78, 5) is 2.27. The maximum absolute atomic E-state index is 4.09. The third-order valence-electron chi connectivity index (χ3n) is 1.87. The van der Waals surface area contributed by atoms with Gasteiger partial charge in [0.2, 0.25) is 0 Å². The largest absolute Gasteiger partial charge is 0.355 e. The van der Waals surface area contributed by atoms with Crippen LogP contribution in [0, 0.1) is 0 Å². The number of hydrogen-bond acceptors (Lipinski definition) is 3. The Bertz CT molecular complexity index is 217. The molecule has 0 atom stereocenters. The molecule has 0 aliphatic carbocycles. The Balaban J connectivity index is 2.64. The molecule has 0 saturated carbocycles. The van der Waals surface area contributed by atoms with Crippen LogP contribution in [0.15, 0.2) is 18.3 Å². The molecule has 1 rings (SSSR count). The summed E-state index contributed by atoms with van der Waals surface area (Å²) in [6.45, 7) is 6.48. The summed E-state index contributed by atoms with van der Waals surface area (Å²) >= 11 is 0. The van der Waals surface area contributed by atoms with Crippen LogP contribution in [0.3, 0.4) is 0 Å². The molecule has 1 aromatic rings. The van der Waals surface area contributed by atoms with E-state index in [4.69, 9.17) is 0 Å². The SMILES string of the molecule is CCCN(CCC)c1cccnn1. The van der Waals surface area contributed by atoms with Crippen molar-refractivity contribution in [3.05, 3.63) is 18.3 Å². The molecule has 72 valence electrons. The van der Waals surface area contributed by atoms with E-state index in [1.807, 2.05) is 12.1 Å². The zero-order chi connectivity index (χ0) is 9.52. The first-order chi connectivity index (χ1) is 6.38. The summed E-state index contributed by atoms with van der Waals surface area (Å²) in [7, 11) is 0. The summed E-state index contributed by atoms with van der Waals surface area (Å²) in [6, 6.07) is 3.94. The summed E-state index contributed by atoms with van der Waals surface area (Å²) in [5.74, 6) is 0.992. The van der Waals surface area contributed by atoms with Gasteiger partial charge in [-0.15, -0.1) is 5.10 Å². The van der Waals surface area contributed by atoms with E-state index < -0.39 is 0 Å². The first-order valence-corrected chi connectivity index (χ1v) is 4.91. The first-order valence-electron chi connectivity index (χ1n) is 4.91. The summed E-state index contributed by atoms with van der Waals surface area (Å²) in [5, 5.41) is 7.97. The van der Waals surface area contributed by atoms with Gasteiger partial charge in [-0.1, -0.05) is 13.8 Å². The van der Waals surface area contributed by atoms with Crippen molar-refractivity contribution in [1.29, 1.82) is 0 Å². The highest BCUT2D eigenvalue weighted by Gasteiger charge is 2.04. The van der Waals surface area contributed by atoms with E-state index in [9.17, 15) is 0 Å². The fraction of sp³-hybridized carbons (Fsp3) is 0.600. The fourth-order valence-electron chi connectivity index (χ4n) is 1.34. The zero-order valence-electron chi connectivity index (χ0n) is 8.40. The highest BCUT2D eigenvalue weighted by Crippen LogP contribution is 2.08. The second-order valence-electron chi connectivity index (χ2n) is 3.07. The minimum Gasteiger partial charge on any atom is -0.355 e. The van der Waals surface area contributed by atoms with Crippen LogP contribution >= 0.6 is 0 Å². The lowest BCUT2D eigenvalue weighted by Gasteiger charge is -2.21. The Morgan fingerprint density at radius 2 is 1.92 bits per heavy atom. The number of anilines is 1. The molecule has 1 heterocycles. The highest BCUT2D eigenvalue weighted by molar-refractivity contribution is 5.35. The molecule has 0 amide bonds. The van der Waals surface area contributed by atoms with Crippen molar-refractivity contribution in [2.75, 3.05) is 18.0 Å². The fourth-order valence-corrected chi connectivity index (χ4v) is 1.34. The van der Waals surface area contributed by atoms with E-state index in [0.29, 0.717) is 0 Å². The Morgan fingerprint density at radius 3 is 2.38 bits per heavy atom. The highest BCUT2D eigenvalue weighted by atomic mass is 15.2. The molecule has 0 aliphatic rings. The van der Waals surface area contributed by atoms with Crippen LogP contribution in [0.5, 0.6) is 0 Å². The second-order valence-corrected chi connectivity index (χ2v) is 3.07. The van der Waals surface area contributed by atoms with Crippen LogP contribution in [0.25, 0.3) is 0 Å². The number of nitrogens with zero attached hydrogens (tertiary/aromatic N) is 3. The maximum atomic E-state index is 4.09. The van der Waals surface area contributed by atoms with Crippen molar-refractivity contribution < 1.29 is 0 Å². The molecule has 0 radical (unpaired) electrons. The molecule has 3 heteroatoms. The average Bonchev–Trinajstić information content (AvgIpc) is 2.19. The quantitative estimate of drug-likeness (QED) is 0.693. The Hall–Kier alpha value is -1.12. The molecule has 0 aromatic carbocycles. The van der Waals surface area contributed by atoms with Gasteiger partial charge in [-0.05, 0) is 25.0 Å². The lowest BCUT2D eigenvalue weighted by Crippen LogP contribution is -2.25. The van der Waals surface area contributed by atoms with Gasteiger partial charge in [0.15, 0.2) is 5.82 Å². The molecule has 13 heavy (non-hydrogen) atoms. The van der Waals surface area contributed by atoms with Gasteiger partial charge < -0.3 is 4.90 Å². The van der Waals surface area contributed by atoms with Gasteiger partial charge >= 0.3 is 0 Å². The van der Waals surface area contributed by atoms with Gasteiger partial charge in [-0.25, -0.2) is 0 Å². The molecule has 0 saturated heterocycles. The number of hydrogen-bond donors (Lipinski definition) is 0. The second kappa shape index (κ2) is 5.51. The molecule has 0 N–H and O–H groups in total. The van der Waals surface area contributed by atoms with E-state index in [-0.39, 0.29) is 0 Å². The van der Waals surface area contributed by atoms with E-state index >= 15 is 0 Å². The van der Waals surface area contributed by atoms with Crippen molar-refractivity contribution >= 4 is 5.82 Å². The minimum absolute atomic E-state index is 0.992. The topological polar surface area (TPSA) is 29.0 Å². The van der Waals surface area contributed by atoms with Crippen LogP contribution in [0.2, 0.25) is 0 Å². The van der Waals surface area contributed by atoms with Crippen LogP contribution in [0.1, 0.15) is 26.7 Å². The maximum Gasteiger partial charge on any atom is 0.151 e. The molecule has 1 aromatic heterocycles. The van der Waals surface area contributed by atoms with E-state index in [0.717, 1.165) is 31.7 Å². The monoisotopic (exact) mass is 179 g/mol. The lowest BCUT2D eigenvalue weighted by molar-refractivity contribution is 0.726.